The van der Waals surface area contributed by atoms with Gasteiger partial charge in [0.25, 0.3) is 0 Å². The van der Waals surface area contributed by atoms with Crippen molar-refractivity contribution in [2.24, 2.45) is 5.41 Å². The standard InChI is InChI=1S/C11H19N3O2S/c1-5-6-14-9(16)12-13-10(14)17-7-8(15)11(2,3)4/h5-7H2,1-4H3,(H,12,16). The van der Waals surface area contributed by atoms with Crippen molar-refractivity contribution < 1.29 is 4.79 Å². The number of nitrogens with zero attached hydrogens (tertiary/aromatic N) is 2. The molecule has 0 aliphatic carbocycles. The number of hydrogen-bond donors (Lipinski definition) is 1. The summed E-state index contributed by atoms with van der Waals surface area (Å²) >= 11 is 1.31. The van der Waals surface area contributed by atoms with Gasteiger partial charge in [0.1, 0.15) is 5.78 Å². The van der Waals surface area contributed by atoms with Gasteiger partial charge in [0, 0.05) is 12.0 Å². The third kappa shape index (κ3) is 3.73. The van der Waals surface area contributed by atoms with Gasteiger partial charge in [-0.2, -0.15) is 0 Å². The van der Waals surface area contributed by atoms with Gasteiger partial charge in [0.15, 0.2) is 5.16 Å². The van der Waals surface area contributed by atoms with Crippen LogP contribution in [0.4, 0.5) is 0 Å². The highest BCUT2D eigenvalue weighted by atomic mass is 32.2. The van der Waals surface area contributed by atoms with Crippen molar-refractivity contribution in [3.05, 3.63) is 10.5 Å². The Morgan fingerprint density at radius 2 is 2.12 bits per heavy atom. The van der Waals surface area contributed by atoms with Crippen LogP contribution in [-0.4, -0.2) is 26.3 Å². The SMILES string of the molecule is CCCn1c(SCC(=O)C(C)(C)C)n[nH]c1=O. The van der Waals surface area contributed by atoms with Crippen LogP contribution in [0.3, 0.4) is 0 Å². The molecule has 0 bridgehead atoms. The van der Waals surface area contributed by atoms with E-state index in [2.05, 4.69) is 10.2 Å². The van der Waals surface area contributed by atoms with Gasteiger partial charge >= 0.3 is 5.69 Å². The molecule has 17 heavy (non-hydrogen) atoms. The molecule has 0 radical (unpaired) electrons. The molecule has 6 heteroatoms. The number of ketones is 1. The summed E-state index contributed by atoms with van der Waals surface area (Å²) in [5.41, 5.74) is -0.559. The molecule has 0 fully saturated rings. The van der Waals surface area contributed by atoms with Gasteiger partial charge in [-0.25, -0.2) is 9.89 Å². The van der Waals surface area contributed by atoms with Crippen molar-refractivity contribution in [3.63, 3.8) is 0 Å². The van der Waals surface area contributed by atoms with E-state index in [1.807, 2.05) is 27.7 Å². The number of carbonyl (C=O) groups is 1. The van der Waals surface area contributed by atoms with Crippen LogP contribution >= 0.6 is 11.8 Å². The van der Waals surface area contributed by atoms with Crippen LogP contribution in [0.15, 0.2) is 9.95 Å². The van der Waals surface area contributed by atoms with Crippen molar-refractivity contribution in [1.82, 2.24) is 14.8 Å². The second kappa shape index (κ2) is 5.53. The lowest BCUT2D eigenvalue weighted by Crippen LogP contribution is -2.22. The molecule has 0 amide bonds. The molecule has 5 nitrogen and oxygen atoms in total. The van der Waals surface area contributed by atoms with E-state index < -0.39 is 0 Å². The first kappa shape index (κ1) is 14.0. The second-order valence-electron chi connectivity index (χ2n) is 4.92. The molecule has 0 atom stereocenters. The fourth-order valence-corrected chi connectivity index (χ4v) is 2.31. The minimum atomic E-state index is -0.348. The van der Waals surface area contributed by atoms with Crippen molar-refractivity contribution in [3.8, 4) is 0 Å². The predicted octanol–water partition coefficient (Wildman–Crippen LogP) is 1.69. The largest absolute Gasteiger partial charge is 0.343 e. The zero-order chi connectivity index (χ0) is 13.1. The number of rotatable bonds is 5. The van der Waals surface area contributed by atoms with Crippen LogP contribution in [0.2, 0.25) is 0 Å². The Balaban J connectivity index is 2.70. The summed E-state index contributed by atoms with van der Waals surface area (Å²) in [6.45, 7) is 8.29. The van der Waals surface area contributed by atoms with E-state index in [1.165, 1.54) is 11.8 Å². The van der Waals surface area contributed by atoms with Crippen LogP contribution in [0.1, 0.15) is 34.1 Å². The van der Waals surface area contributed by atoms with Crippen LogP contribution < -0.4 is 5.69 Å². The molecule has 0 saturated carbocycles. The molecule has 0 saturated heterocycles. The molecule has 1 aromatic rings. The average molecular weight is 257 g/mol. The van der Waals surface area contributed by atoms with Gasteiger partial charge in [-0.1, -0.05) is 39.5 Å². The molecule has 1 aromatic heterocycles. The molecule has 1 rings (SSSR count). The first-order valence-electron chi connectivity index (χ1n) is 5.67. The van der Waals surface area contributed by atoms with Crippen molar-refractivity contribution >= 4 is 17.5 Å². The Bertz CT molecular complexity index is 442. The van der Waals surface area contributed by atoms with E-state index in [9.17, 15) is 9.59 Å². The van der Waals surface area contributed by atoms with Gasteiger partial charge in [0.05, 0.1) is 5.75 Å². The van der Waals surface area contributed by atoms with Crippen molar-refractivity contribution in [2.75, 3.05) is 5.75 Å². The zero-order valence-corrected chi connectivity index (χ0v) is 11.6. The van der Waals surface area contributed by atoms with Crippen LogP contribution in [-0.2, 0) is 11.3 Å². The molecule has 0 spiro atoms. The van der Waals surface area contributed by atoms with Crippen LogP contribution in [0.5, 0.6) is 0 Å². The Hall–Kier alpha value is -1.04. The number of carbonyl (C=O) groups excluding carboxylic acids is 1. The lowest BCUT2D eigenvalue weighted by atomic mass is 9.92. The average Bonchev–Trinajstić information content (AvgIpc) is 2.56. The van der Waals surface area contributed by atoms with E-state index in [0.717, 1.165) is 6.42 Å². The minimum absolute atomic E-state index is 0.154. The Morgan fingerprint density at radius 1 is 1.47 bits per heavy atom. The third-order valence-electron chi connectivity index (χ3n) is 2.34. The summed E-state index contributed by atoms with van der Waals surface area (Å²) in [7, 11) is 0. The van der Waals surface area contributed by atoms with E-state index in [-0.39, 0.29) is 16.9 Å². The number of aromatic nitrogens is 3. The predicted molar refractivity (Wildman–Crippen MR) is 68.3 cm³/mol. The highest BCUT2D eigenvalue weighted by molar-refractivity contribution is 7.99. The molecule has 0 aromatic carbocycles. The first-order chi connectivity index (χ1) is 7.86. The summed E-state index contributed by atoms with van der Waals surface area (Å²) in [6, 6.07) is 0. The monoisotopic (exact) mass is 257 g/mol. The summed E-state index contributed by atoms with van der Waals surface area (Å²) in [5.74, 6) is 0.498. The number of thioether (sulfide) groups is 1. The van der Waals surface area contributed by atoms with Gasteiger partial charge in [-0.05, 0) is 6.42 Å². The van der Waals surface area contributed by atoms with E-state index >= 15 is 0 Å². The quantitative estimate of drug-likeness (QED) is 0.815. The van der Waals surface area contributed by atoms with Crippen molar-refractivity contribution in [1.29, 1.82) is 0 Å². The van der Waals surface area contributed by atoms with E-state index in [0.29, 0.717) is 17.5 Å². The highest BCUT2D eigenvalue weighted by Crippen LogP contribution is 2.21. The molecule has 1 N–H and O–H groups in total. The smallest absolute Gasteiger partial charge is 0.298 e. The molecular formula is C11H19N3O2S. The maximum Gasteiger partial charge on any atom is 0.343 e. The maximum absolute atomic E-state index is 11.8. The Kier molecular flexibility index (Phi) is 4.56. The lowest BCUT2D eigenvalue weighted by molar-refractivity contribution is -0.123. The van der Waals surface area contributed by atoms with Crippen LogP contribution in [0.25, 0.3) is 0 Å². The minimum Gasteiger partial charge on any atom is -0.298 e. The first-order valence-corrected chi connectivity index (χ1v) is 6.66. The highest BCUT2D eigenvalue weighted by Gasteiger charge is 2.22. The van der Waals surface area contributed by atoms with Gasteiger partial charge in [0.2, 0.25) is 0 Å². The molecule has 0 aliphatic rings. The van der Waals surface area contributed by atoms with Crippen molar-refractivity contribution in [2.45, 2.75) is 45.8 Å². The fourth-order valence-electron chi connectivity index (χ4n) is 1.18. The Labute approximate surface area is 105 Å². The fraction of sp³-hybridized carbons (Fsp3) is 0.727. The molecule has 0 aliphatic heterocycles. The number of Topliss-reactive ketones (excluding diaryl/α,β-unsaturated/α-hetero) is 1. The maximum atomic E-state index is 11.8. The summed E-state index contributed by atoms with van der Waals surface area (Å²) in [6.07, 6.45) is 0.861. The number of nitrogens with one attached hydrogen (secondary N) is 1. The van der Waals surface area contributed by atoms with E-state index in [4.69, 9.17) is 0 Å². The molecule has 0 unspecified atom stereocenters. The van der Waals surface area contributed by atoms with Gasteiger partial charge < -0.3 is 0 Å². The second-order valence-corrected chi connectivity index (χ2v) is 5.87. The third-order valence-corrected chi connectivity index (χ3v) is 3.32. The molecular weight excluding hydrogens is 238 g/mol. The van der Waals surface area contributed by atoms with Gasteiger partial charge in [-0.3, -0.25) is 9.36 Å². The summed E-state index contributed by atoms with van der Waals surface area (Å²) in [5, 5.41) is 6.93. The van der Waals surface area contributed by atoms with Gasteiger partial charge in [-0.15, -0.1) is 5.10 Å². The zero-order valence-electron chi connectivity index (χ0n) is 10.7. The molecule has 96 valence electrons. The normalized spacial score (nSPS) is 11.8. The summed E-state index contributed by atoms with van der Waals surface area (Å²) in [4.78, 5) is 23.2. The van der Waals surface area contributed by atoms with Crippen LogP contribution in [0, 0.1) is 5.41 Å². The molecule has 1 heterocycles. The van der Waals surface area contributed by atoms with E-state index in [1.54, 1.807) is 4.57 Å². The number of aromatic amines is 1. The lowest BCUT2D eigenvalue weighted by Gasteiger charge is -2.15. The Morgan fingerprint density at radius 3 is 2.65 bits per heavy atom. The topological polar surface area (TPSA) is 67.8 Å². The number of hydrogen-bond acceptors (Lipinski definition) is 4. The number of H-pyrrole nitrogens is 1. The summed E-state index contributed by atoms with van der Waals surface area (Å²) < 4.78 is 1.57.